The van der Waals surface area contributed by atoms with Gasteiger partial charge in [-0.05, 0) is 43.5 Å². The second-order valence-corrected chi connectivity index (χ2v) is 8.46. The summed E-state index contributed by atoms with van der Waals surface area (Å²) in [4.78, 5) is 39.7. The summed E-state index contributed by atoms with van der Waals surface area (Å²) in [5.74, 6) is -1.26. The highest BCUT2D eigenvalue weighted by Crippen LogP contribution is 2.13. The lowest BCUT2D eigenvalue weighted by molar-refractivity contribution is 0.0930. The highest BCUT2D eigenvalue weighted by Gasteiger charge is 2.22. The van der Waals surface area contributed by atoms with Gasteiger partial charge in [-0.1, -0.05) is 66.2 Å². The average Bonchev–Trinajstić information content (AvgIpc) is 2.85. The highest BCUT2D eigenvalue weighted by molar-refractivity contribution is 5.92. The van der Waals surface area contributed by atoms with Gasteiger partial charge in [0.05, 0.1) is 18.3 Å². The fourth-order valence-corrected chi connectivity index (χ4v) is 3.64. The molecule has 0 aliphatic rings. The Morgan fingerprint density at radius 1 is 1.00 bits per heavy atom. The number of benzene rings is 3. The van der Waals surface area contributed by atoms with E-state index in [0.717, 1.165) is 26.4 Å². The van der Waals surface area contributed by atoms with E-state index in [1.165, 1.54) is 12.1 Å². The second-order valence-electron chi connectivity index (χ2n) is 8.46. The zero-order valence-corrected chi connectivity index (χ0v) is 19.7. The van der Waals surface area contributed by atoms with Crippen molar-refractivity contribution < 1.29 is 9.18 Å². The van der Waals surface area contributed by atoms with Crippen LogP contribution >= 0.6 is 0 Å². The van der Waals surface area contributed by atoms with Crippen LogP contribution in [0.4, 0.5) is 4.39 Å². The number of halogens is 1. The van der Waals surface area contributed by atoms with Gasteiger partial charge in [-0.2, -0.15) is 9.78 Å². The summed E-state index contributed by atoms with van der Waals surface area (Å²) in [5.41, 5.74) is 1.02. The number of nitrogens with zero attached hydrogens (tertiary/aromatic N) is 3. The van der Waals surface area contributed by atoms with Gasteiger partial charge >= 0.3 is 5.69 Å². The first-order valence-electron chi connectivity index (χ1n) is 11.2. The Bertz CT molecular complexity index is 1490. The number of hydrogen-bond acceptors (Lipinski definition) is 4. The number of aromatic nitrogens is 3. The van der Waals surface area contributed by atoms with Crippen LogP contribution in [-0.4, -0.2) is 20.3 Å². The standard InChI is InChI=1S/C27H25FN4O3/c1-17-9-12-20(13-10-17)16-31-26(34)24(25(33)29-19(3)21-7-5-4-6-8-21)30-32(27(31)35)22-14-11-18(2)23(28)15-22/h4-15,19H,16H2,1-3H3,(H,29,33)/t19-/m1/s1. The molecule has 7 nitrogen and oxygen atoms in total. The van der Waals surface area contributed by atoms with Crippen molar-refractivity contribution in [2.75, 3.05) is 0 Å². The second kappa shape index (κ2) is 9.89. The van der Waals surface area contributed by atoms with Crippen molar-refractivity contribution in [3.8, 4) is 5.69 Å². The Morgan fingerprint density at radius 3 is 2.34 bits per heavy atom. The molecule has 0 saturated carbocycles. The van der Waals surface area contributed by atoms with E-state index in [4.69, 9.17) is 0 Å². The fourth-order valence-electron chi connectivity index (χ4n) is 3.64. The Hall–Kier alpha value is -4.33. The molecule has 1 amide bonds. The molecule has 8 heteroatoms. The zero-order valence-electron chi connectivity index (χ0n) is 19.7. The number of carbonyl (C=O) groups is 1. The minimum atomic E-state index is -0.822. The normalized spacial score (nSPS) is 11.8. The summed E-state index contributed by atoms with van der Waals surface area (Å²) in [6.45, 7) is 5.24. The topological polar surface area (TPSA) is 86.0 Å². The van der Waals surface area contributed by atoms with Crippen molar-refractivity contribution in [1.82, 2.24) is 19.7 Å². The maximum atomic E-state index is 14.3. The molecule has 0 aliphatic heterocycles. The molecule has 0 unspecified atom stereocenters. The first-order valence-corrected chi connectivity index (χ1v) is 11.2. The van der Waals surface area contributed by atoms with Crippen LogP contribution in [0.2, 0.25) is 0 Å². The molecule has 1 atom stereocenters. The van der Waals surface area contributed by atoms with Crippen LogP contribution in [0.5, 0.6) is 0 Å². The minimum absolute atomic E-state index is 0.0661. The van der Waals surface area contributed by atoms with E-state index < -0.39 is 34.7 Å². The molecule has 0 spiro atoms. The van der Waals surface area contributed by atoms with Crippen molar-refractivity contribution in [1.29, 1.82) is 0 Å². The minimum Gasteiger partial charge on any atom is -0.344 e. The number of aryl methyl sites for hydroxylation is 2. The molecular formula is C27H25FN4O3. The third-order valence-electron chi connectivity index (χ3n) is 5.78. The number of amides is 1. The van der Waals surface area contributed by atoms with Crippen LogP contribution in [-0.2, 0) is 6.54 Å². The largest absolute Gasteiger partial charge is 0.352 e. The Labute approximate surface area is 201 Å². The molecule has 35 heavy (non-hydrogen) atoms. The van der Waals surface area contributed by atoms with Gasteiger partial charge in [-0.25, -0.2) is 9.18 Å². The van der Waals surface area contributed by atoms with Gasteiger partial charge in [-0.3, -0.25) is 14.2 Å². The number of hydrogen-bond donors (Lipinski definition) is 1. The monoisotopic (exact) mass is 472 g/mol. The van der Waals surface area contributed by atoms with Crippen LogP contribution in [0.3, 0.4) is 0 Å². The summed E-state index contributed by atoms with van der Waals surface area (Å²) in [6.07, 6.45) is 0. The molecule has 1 heterocycles. The van der Waals surface area contributed by atoms with E-state index in [0.29, 0.717) is 11.1 Å². The molecule has 4 aromatic rings. The lowest BCUT2D eigenvalue weighted by Crippen LogP contribution is -2.46. The molecule has 4 rings (SSSR count). The molecule has 0 fully saturated rings. The number of rotatable bonds is 6. The van der Waals surface area contributed by atoms with E-state index >= 15 is 0 Å². The molecule has 0 radical (unpaired) electrons. The Morgan fingerprint density at radius 2 is 1.69 bits per heavy atom. The van der Waals surface area contributed by atoms with E-state index in [1.807, 2.05) is 49.4 Å². The molecule has 0 saturated heterocycles. The third kappa shape index (κ3) is 5.11. The molecule has 0 bridgehead atoms. The predicted molar refractivity (Wildman–Crippen MR) is 131 cm³/mol. The van der Waals surface area contributed by atoms with Gasteiger partial charge in [0.2, 0.25) is 5.69 Å². The lowest BCUT2D eigenvalue weighted by atomic mass is 10.1. The molecular weight excluding hydrogens is 447 g/mol. The van der Waals surface area contributed by atoms with E-state index in [9.17, 15) is 18.8 Å². The summed E-state index contributed by atoms with van der Waals surface area (Å²) in [6, 6.07) is 20.3. The molecule has 0 aliphatic carbocycles. The average molecular weight is 473 g/mol. The van der Waals surface area contributed by atoms with E-state index in [-0.39, 0.29) is 12.2 Å². The first kappa shape index (κ1) is 23.8. The van der Waals surface area contributed by atoms with Gasteiger partial charge in [0, 0.05) is 6.07 Å². The molecule has 178 valence electrons. The first-order chi connectivity index (χ1) is 16.7. The van der Waals surface area contributed by atoms with Gasteiger partial charge in [0.15, 0.2) is 0 Å². The van der Waals surface area contributed by atoms with Crippen molar-refractivity contribution in [3.05, 3.63) is 127 Å². The summed E-state index contributed by atoms with van der Waals surface area (Å²) < 4.78 is 16.1. The van der Waals surface area contributed by atoms with Crippen LogP contribution in [0.25, 0.3) is 5.69 Å². The van der Waals surface area contributed by atoms with Gasteiger partial charge < -0.3 is 5.32 Å². The van der Waals surface area contributed by atoms with Crippen molar-refractivity contribution >= 4 is 5.91 Å². The van der Waals surface area contributed by atoms with E-state index in [2.05, 4.69) is 10.4 Å². The van der Waals surface area contributed by atoms with Crippen molar-refractivity contribution in [3.63, 3.8) is 0 Å². The lowest BCUT2D eigenvalue weighted by Gasteiger charge is -2.16. The number of carbonyl (C=O) groups excluding carboxylic acids is 1. The molecule has 3 aromatic carbocycles. The Balaban J connectivity index is 1.82. The maximum absolute atomic E-state index is 14.3. The smallest absolute Gasteiger partial charge is 0.344 e. The van der Waals surface area contributed by atoms with Gasteiger partial charge in [0.25, 0.3) is 11.5 Å². The maximum Gasteiger partial charge on any atom is 0.352 e. The Kier molecular flexibility index (Phi) is 6.73. The van der Waals surface area contributed by atoms with Crippen LogP contribution in [0.15, 0.2) is 82.4 Å². The summed E-state index contributed by atoms with van der Waals surface area (Å²) in [7, 11) is 0. The molecule has 1 N–H and O–H groups in total. The van der Waals surface area contributed by atoms with Gasteiger partial charge in [-0.15, -0.1) is 0 Å². The van der Waals surface area contributed by atoms with Crippen molar-refractivity contribution in [2.45, 2.75) is 33.4 Å². The van der Waals surface area contributed by atoms with Crippen LogP contribution in [0.1, 0.15) is 45.7 Å². The SMILES string of the molecule is Cc1ccc(Cn2c(=O)c(C(=O)N[C@H](C)c3ccccc3)nn(-c3ccc(C)c(F)c3)c2=O)cc1. The van der Waals surface area contributed by atoms with Crippen molar-refractivity contribution in [2.24, 2.45) is 0 Å². The fraction of sp³-hybridized carbons (Fsp3) is 0.185. The molecule has 1 aromatic heterocycles. The van der Waals surface area contributed by atoms with Crippen LogP contribution in [0, 0.1) is 19.7 Å². The summed E-state index contributed by atoms with van der Waals surface area (Å²) >= 11 is 0. The summed E-state index contributed by atoms with van der Waals surface area (Å²) in [5, 5.41) is 6.83. The zero-order chi connectivity index (χ0) is 25.1. The third-order valence-corrected chi connectivity index (χ3v) is 5.78. The highest BCUT2D eigenvalue weighted by atomic mass is 19.1. The van der Waals surface area contributed by atoms with Gasteiger partial charge in [0.1, 0.15) is 5.82 Å². The van der Waals surface area contributed by atoms with E-state index in [1.54, 1.807) is 26.0 Å². The van der Waals surface area contributed by atoms with Crippen LogP contribution < -0.4 is 16.6 Å². The predicted octanol–water partition coefficient (Wildman–Crippen LogP) is 3.69. The quantitative estimate of drug-likeness (QED) is 0.464. The number of nitrogens with one attached hydrogen (secondary N) is 1.